The molecule has 0 aromatic carbocycles. The van der Waals surface area contributed by atoms with Gasteiger partial charge in [0.05, 0.1) is 18.0 Å². The molecule has 0 aliphatic heterocycles. The maximum atomic E-state index is 5.36. The van der Waals surface area contributed by atoms with Crippen LogP contribution >= 0.6 is 0 Å². The zero-order valence-corrected chi connectivity index (χ0v) is 11.3. The predicted octanol–water partition coefficient (Wildman–Crippen LogP) is 3.30. The van der Waals surface area contributed by atoms with Gasteiger partial charge in [-0.25, -0.2) is 0 Å². The molecule has 0 aliphatic rings. The molecule has 0 radical (unpaired) electrons. The Balaban J connectivity index is 1.88. The first-order valence-corrected chi connectivity index (χ1v) is 6.51. The summed E-state index contributed by atoms with van der Waals surface area (Å²) in [6.07, 6.45) is 4.84. The molecule has 0 fully saturated rings. The van der Waals surface area contributed by atoms with E-state index in [1.165, 1.54) is 0 Å². The first kappa shape index (κ1) is 12.9. The van der Waals surface area contributed by atoms with Gasteiger partial charge in [0.1, 0.15) is 5.76 Å². The molecule has 0 bridgehead atoms. The maximum absolute atomic E-state index is 5.36. The molecule has 98 valence electrons. The molecule has 2 heterocycles. The predicted molar refractivity (Wildman–Crippen MR) is 71.2 cm³/mol. The van der Waals surface area contributed by atoms with E-state index < -0.39 is 0 Å². The summed E-state index contributed by atoms with van der Waals surface area (Å²) in [6.45, 7) is 7.19. The Morgan fingerprint density at radius 2 is 2.22 bits per heavy atom. The summed E-state index contributed by atoms with van der Waals surface area (Å²) < 4.78 is 7.38. The van der Waals surface area contributed by atoms with Crippen molar-refractivity contribution in [1.29, 1.82) is 0 Å². The van der Waals surface area contributed by atoms with E-state index in [0.717, 1.165) is 24.4 Å². The molecular weight excluding hydrogens is 226 g/mol. The SMILES string of the molecule is CCC(C)n1ccc(CN[C@@H](C)c2ccco2)n1. The van der Waals surface area contributed by atoms with Crippen LogP contribution in [0.2, 0.25) is 0 Å². The summed E-state index contributed by atoms with van der Waals surface area (Å²) in [7, 11) is 0. The molecule has 0 spiro atoms. The van der Waals surface area contributed by atoms with Crippen LogP contribution in [0.1, 0.15) is 50.7 Å². The lowest BCUT2D eigenvalue weighted by molar-refractivity contribution is 0.424. The van der Waals surface area contributed by atoms with Gasteiger partial charge in [-0.1, -0.05) is 6.92 Å². The van der Waals surface area contributed by atoms with E-state index >= 15 is 0 Å². The molecule has 0 saturated carbocycles. The van der Waals surface area contributed by atoms with Crippen LogP contribution in [-0.4, -0.2) is 9.78 Å². The van der Waals surface area contributed by atoms with E-state index in [4.69, 9.17) is 4.42 Å². The monoisotopic (exact) mass is 247 g/mol. The summed E-state index contributed by atoms with van der Waals surface area (Å²) in [5, 5.41) is 7.96. The highest BCUT2D eigenvalue weighted by Crippen LogP contribution is 2.13. The normalized spacial score (nSPS) is 14.6. The highest BCUT2D eigenvalue weighted by atomic mass is 16.3. The molecule has 2 aromatic heterocycles. The van der Waals surface area contributed by atoms with Gasteiger partial charge in [0.25, 0.3) is 0 Å². The van der Waals surface area contributed by atoms with E-state index in [1.54, 1.807) is 6.26 Å². The van der Waals surface area contributed by atoms with Crippen LogP contribution in [-0.2, 0) is 6.54 Å². The molecular formula is C14H21N3O. The molecule has 18 heavy (non-hydrogen) atoms. The van der Waals surface area contributed by atoms with E-state index in [9.17, 15) is 0 Å². The molecule has 0 saturated heterocycles. The van der Waals surface area contributed by atoms with Gasteiger partial charge >= 0.3 is 0 Å². The van der Waals surface area contributed by atoms with Gasteiger partial charge in [0, 0.05) is 18.8 Å². The third-order valence-electron chi connectivity index (χ3n) is 3.27. The van der Waals surface area contributed by atoms with Crippen LogP contribution in [0.5, 0.6) is 0 Å². The average molecular weight is 247 g/mol. The largest absolute Gasteiger partial charge is 0.468 e. The number of nitrogens with zero attached hydrogens (tertiary/aromatic N) is 2. The van der Waals surface area contributed by atoms with Crippen molar-refractivity contribution < 1.29 is 4.42 Å². The van der Waals surface area contributed by atoms with E-state index in [-0.39, 0.29) is 6.04 Å². The average Bonchev–Trinajstić information content (AvgIpc) is 3.05. The van der Waals surface area contributed by atoms with E-state index in [0.29, 0.717) is 6.04 Å². The number of aromatic nitrogens is 2. The van der Waals surface area contributed by atoms with Crippen molar-refractivity contribution >= 4 is 0 Å². The third-order valence-corrected chi connectivity index (χ3v) is 3.27. The molecule has 2 atom stereocenters. The summed E-state index contributed by atoms with van der Waals surface area (Å²) in [5.74, 6) is 0.955. The molecule has 0 aliphatic carbocycles. The fourth-order valence-corrected chi connectivity index (χ4v) is 1.80. The first-order chi connectivity index (χ1) is 8.70. The van der Waals surface area contributed by atoms with Crippen LogP contribution in [0.3, 0.4) is 0 Å². The smallest absolute Gasteiger partial charge is 0.120 e. The molecule has 2 rings (SSSR count). The Morgan fingerprint density at radius 1 is 1.39 bits per heavy atom. The van der Waals surface area contributed by atoms with Crippen molar-refractivity contribution in [3.8, 4) is 0 Å². The van der Waals surface area contributed by atoms with E-state index in [1.807, 2.05) is 23.0 Å². The van der Waals surface area contributed by atoms with Gasteiger partial charge in [-0.15, -0.1) is 0 Å². The van der Waals surface area contributed by atoms with Crippen LogP contribution < -0.4 is 5.32 Å². The van der Waals surface area contributed by atoms with Gasteiger partial charge < -0.3 is 9.73 Å². The topological polar surface area (TPSA) is 43.0 Å². The number of nitrogens with one attached hydrogen (secondary N) is 1. The quantitative estimate of drug-likeness (QED) is 0.851. The van der Waals surface area contributed by atoms with Crippen LogP contribution in [0.15, 0.2) is 35.1 Å². The lowest BCUT2D eigenvalue weighted by Gasteiger charge is -2.10. The van der Waals surface area contributed by atoms with Crippen LogP contribution in [0.25, 0.3) is 0 Å². The summed E-state index contributed by atoms with van der Waals surface area (Å²) in [5.41, 5.74) is 1.06. The number of hydrogen-bond acceptors (Lipinski definition) is 3. The second-order valence-corrected chi connectivity index (χ2v) is 4.66. The maximum Gasteiger partial charge on any atom is 0.120 e. The number of rotatable bonds is 6. The van der Waals surface area contributed by atoms with Crippen molar-refractivity contribution in [2.75, 3.05) is 0 Å². The van der Waals surface area contributed by atoms with Gasteiger partial charge in [-0.3, -0.25) is 4.68 Å². The summed E-state index contributed by atoms with van der Waals surface area (Å²) in [6, 6.07) is 6.62. The lowest BCUT2D eigenvalue weighted by atomic mass is 10.2. The zero-order valence-electron chi connectivity index (χ0n) is 11.3. The summed E-state index contributed by atoms with van der Waals surface area (Å²) in [4.78, 5) is 0. The van der Waals surface area contributed by atoms with Gasteiger partial charge in [0.2, 0.25) is 0 Å². The highest BCUT2D eigenvalue weighted by molar-refractivity contribution is 5.05. The number of hydrogen-bond donors (Lipinski definition) is 1. The van der Waals surface area contributed by atoms with Crippen LogP contribution in [0, 0.1) is 0 Å². The fraction of sp³-hybridized carbons (Fsp3) is 0.500. The lowest BCUT2D eigenvalue weighted by Crippen LogP contribution is -2.18. The Labute approximate surface area is 108 Å². The van der Waals surface area contributed by atoms with Gasteiger partial charge in [0.15, 0.2) is 0 Å². The van der Waals surface area contributed by atoms with Gasteiger partial charge in [-0.2, -0.15) is 5.10 Å². The Bertz CT molecular complexity index is 461. The van der Waals surface area contributed by atoms with Crippen molar-refractivity contribution in [2.24, 2.45) is 0 Å². The minimum absolute atomic E-state index is 0.203. The first-order valence-electron chi connectivity index (χ1n) is 6.51. The number of furan rings is 1. The van der Waals surface area contributed by atoms with Gasteiger partial charge in [-0.05, 0) is 38.5 Å². The molecule has 4 heteroatoms. The van der Waals surface area contributed by atoms with Crippen molar-refractivity contribution in [2.45, 2.75) is 45.8 Å². The second-order valence-electron chi connectivity index (χ2n) is 4.66. The van der Waals surface area contributed by atoms with Crippen molar-refractivity contribution in [3.05, 3.63) is 42.1 Å². The molecule has 0 amide bonds. The third kappa shape index (κ3) is 3.01. The van der Waals surface area contributed by atoms with E-state index in [2.05, 4.69) is 37.3 Å². The molecule has 2 aromatic rings. The van der Waals surface area contributed by atoms with Crippen LogP contribution in [0.4, 0.5) is 0 Å². The zero-order chi connectivity index (χ0) is 13.0. The molecule has 1 N–H and O–H groups in total. The van der Waals surface area contributed by atoms with Crippen molar-refractivity contribution in [3.63, 3.8) is 0 Å². The Hall–Kier alpha value is -1.55. The Morgan fingerprint density at radius 3 is 2.89 bits per heavy atom. The molecule has 4 nitrogen and oxygen atoms in total. The standard InChI is InChI=1S/C14H21N3O/c1-4-11(2)17-8-7-13(16-17)10-15-12(3)14-6-5-9-18-14/h5-9,11-12,15H,4,10H2,1-3H3/t11?,12-/m0/s1. The Kier molecular flexibility index (Phi) is 4.20. The molecule has 1 unspecified atom stereocenters. The minimum atomic E-state index is 0.203. The second kappa shape index (κ2) is 5.87. The summed E-state index contributed by atoms with van der Waals surface area (Å²) >= 11 is 0. The minimum Gasteiger partial charge on any atom is -0.468 e. The fourth-order valence-electron chi connectivity index (χ4n) is 1.80. The highest BCUT2D eigenvalue weighted by Gasteiger charge is 2.09. The van der Waals surface area contributed by atoms with Crippen molar-refractivity contribution in [1.82, 2.24) is 15.1 Å².